The molecule has 21 nitrogen and oxygen atoms in total. The number of rotatable bonds is 21. The summed E-state index contributed by atoms with van der Waals surface area (Å²) >= 11 is 3.28. The fourth-order valence-electron chi connectivity index (χ4n) is 10.4. The van der Waals surface area contributed by atoms with Crippen LogP contribution in [-0.4, -0.2) is 92.8 Å². The van der Waals surface area contributed by atoms with Gasteiger partial charge in [0.25, 0.3) is 63.7 Å². The van der Waals surface area contributed by atoms with Gasteiger partial charge in [0, 0.05) is 32.8 Å². The molecule has 12 aromatic rings. The number of carbonyl (C=O) groups is 4. The number of hydrogen-bond acceptors (Lipinski definition) is 17. The first-order valence-corrected chi connectivity index (χ1v) is 39.4. The third kappa shape index (κ3) is 19.9. The van der Waals surface area contributed by atoms with Crippen LogP contribution in [0, 0.1) is 24.4 Å². The normalized spacial score (nSPS) is 11.0. The van der Waals surface area contributed by atoms with Gasteiger partial charge in [0.05, 0.1) is 68.1 Å². The maximum absolute atomic E-state index is 14.2. The first-order valence-electron chi connectivity index (χ1n) is 32.9. The van der Waals surface area contributed by atoms with E-state index in [1.165, 1.54) is 145 Å². The van der Waals surface area contributed by atoms with Gasteiger partial charge in [0.15, 0.2) is 0 Å². The number of ether oxygens (including phenoxy) is 5. The topological polar surface area (TPSA) is 264 Å². The Balaban J connectivity index is 0.000000170. The first kappa shape index (κ1) is 82.6. The van der Waals surface area contributed by atoms with Crippen LogP contribution < -0.4 is 40.9 Å². The minimum atomic E-state index is -4.67. The fraction of sp³-hybridized carbons (Fsp3) is 0.0732. The summed E-state index contributed by atoms with van der Waals surface area (Å²) in [7, 11) is -10.1. The second kappa shape index (κ2) is 37.1. The Hall–Kier alpha value is -12.4. The second-order valence-electron chi connectivity index (χ2n) is 23.2. The van der Waals surface area contributed by atoms with Crippen LogP contribution in [0.1, 0.15) is 47.0 Å². The minimum absolute atomic E-state index is 0.0154. The number of amides is 4. The van der Waals surface area contributed by atoms with Crippen molar-refractivity contribution in [3.05, 3.63) is 353 Å². The molecule has 0 aliphatic heterocycles. The number of benzene rings is 12. The molecule has 0 spiro atoms. The minimum Gasteiger partial charge on any atom is -0.497 e. The van der Waals surface area contributed by atoms with Crippen LogP contribution in [0.25, 0.3) is 0 Å². The maximum Gasteiger partial charge on any atom is 0.274 e. The number of nitrogens with zero attached hydrogens (tertiary/aromatic N) is 4. The molecule has 111 heavy (non-hydrogen) atoms. The van der Waals surface area contributed by atoms with E-state index < -0.39 is 86.1 Å². The van der Waals surface area contributed by atoms with Crippen molar-refractivity contribution in [3.8, 4) is 28.7 Å². The summed E-state index contributed by atoms with van der Waals surface area (Å²) in [6.07, 6.45) is 0. The monoisotopic (exact) mass is 1640 g/mol. The van der Waals surface area contributed by atoms with E-state index >= 15 is 0 Å². The molecule has 0 saturated heterocycles. The van der Waals surface area contributed by atoms with Crippen molar-refractivity contribution >= 4 is 102 Å². The molecule has 12 rings (SSSR count). The summed E-state index contributed by atoms with van der Waals surface area (Å²) in [4.78, 5) is 51.2. The van der Waals surface area contributed by atoms with Gasteiger partial charge in [-0.3, -0.25) is 19.2 Å². The van der Waals surface area contributed by atoms with Crippen LogP contribution in [0.3, 0.4) is 0 Å². The molecule has 0 aromatic heterocycles. The van der Waals surface area contributed by atoms with Crippen LogP contribution in [0.5, 0.6) is 28.7 Å². The van der Waals surface area contributed by atoms with Crippen LogP contribution in [0.15, 0.2) is 327 Å². The number of aryl methyl sites for hydroxylation is 1. The van der Waals surface area contributed by atoms with Crippen molar-refractivity contribution in [2.75, 3.05) is 52.8 Å². The standard InChI is InChI=1S/C21H18BrNO5S.C21H19NO4S.C20H15F2NO4S.C20H16FNO4S/c1-27-18-11-9-17(10-12-18)23(21(24)15-6-4-3-5-7-15)29(25,26)20-14-16(22)8-13-19(20)28-2;1-16-8-14-20(15-9-16)27(24,25)22(18-10-12-19(26-2)13-11-18)21(23)17-6-4-3-5-7-17;1-27-17-10-8-16(9-11-17)23(20(24)14-5-3-2-4-6-14)28(25,26)19-12-7-15(21)13-18(19)22;1-26-18-12-10-17(11-13-18)22(20(23)15-6-3-2-4-7-15)27(24,25)19-9-5-8-16(21)14-19/h3-14H,1-2H3;3-15H,1-2H3;2-13H,1H3;2-14H,1H3. The number of methoxy groups -OCH3 is 5. The molecule has 0 radical (unpaired) electrons. The van der Waals surface area contributed by atoms with Crippen LogP contribution in [0.2, 0.25) is 0 Å². The van der Waals surface area contributed by atoms with Gasteiger partial charge in [-0.1, -0.05) is 112 Å². The van der Waals surface area contributed by atoms with Crippen LogP contribution in [-0.2, 0) is 40.1 Å². The molecule has 12 aromatic carbocycles. The van der Waals surface area contributed by atoms with E-state index in [0.29, 0.717) is 42.1 Å². The Morgan fingerprint density at radius 2 is 0.613 bits per heavy atom. The second-order valence-corrected chi connectivity index (χ2v) is 31.2. The van der Waals surface area contributed by atoms with Crippen molar-refractivity contribution < 1.29 is 89.7 Å². The van der Waals surface area contributed by atoms with Gasteiger partial charge in [-0.25, -0.2) is 46.8 Å². The molecule has 29 heteroatoms. The first-order chi connectivity index (χ1) is 53.1. The van der Waals surface area contributed by atoms with E-state index in [1.807, 2.05) is 6.92 Å². The zero-order chi connectivity index (χ0) is 80.2. The van der Waals surface area contributed by atoms with Crippen molar-refractivity contribution in [3.63, 3.8) is 0 Å². The average molecular weight is 1650 g/mol. The molecular formula is C82H68BrF3N4O17S4. The summed E-state index contributed by atoms with van der Waals surface area (Å²) in [5, 5.41) is 0. The molecule has 0 aliphatic rings. The lowest BCUT2D eigenvalue weighted by Gasteiger charge is -2.24. The summed E-state index contributed by atoms with van der Waals surface area (Å²) < 4.78 is 176. The third-order valence-corrected chi connectivity index (χ3v) is 23.4. The van der Waals surface area contributed by atoms with E-state index in [2.05, 4.69) is 15.9 Å². The lowest BCUT2D eigenvalue weighted by molar-refractivity contribution is 0.0997. The Labute approximate surface area is 648 Å². The van der Waals surface area contributed by atoms with Gasteiger partial charge in [-0.15, -0.1) is 0 Å². The summed E-state index contributed by atoms with van der Waals surface area (Å²) in [6, 6.07) is 74.0. The highest BCUT2D eigenvalue weighted by atomic mass is 79.9. The molecule has 0 saturated carbocycles. The zero-order valence-corrected chi connectivity index (χ0v) is 64.6. The Bertz CT molecular complexity index is 5720. The highest BCUT2D eigenvalue weighted by molar-refractivity contribution is 9.10. The molecule has 0 bridgehead atoms. The predicted octanol–water partition coefficient (Wildman–Crippen LogP) is 16.4. The van der Waals surface area contributed by atoms with Crippen molar-refractivity contribution in [2.24, 2.45) is 0 Å². The molecule has 0 atom stereocenters. The number of hydrogen-bond donors (Lipinski definition) is 0. The lowest BCUT2D eigenvalue weighted by atomic mass is 10.2. The fourth-order valence-corrected chi connectivity index (χ4v) is 16.8. The summed E-state index contributed by atoms with van der Waals surface area (Å²) in [6.45, 7) is 1.87. The van der Waals surface area contributed by atoms with Gasteiger partial charge in [-0.2, -0.15) is 17.2 Å². The van der Waals surface area contributed by atoms with Crippen LogP contribution in [0.4, 0.5) is 35.9 Å². The van der Waals surface area contributed by atoms with Crippen molar-refractivity contribution in [1.29, 1.82) is 0 Å². The van der Waals surface area contributed by atoms with E-state index in [-0.39, 0.29) is 65.4 Å². The predicted molar refractivity (Wildman–Crippen MR) is 418 cm³/mol. The van der Waals surface area contributed by atoms with Gasteiger partial charge in [-0.05, 0) is 213 Å². The highest BCUT2D eigenvalue weighted by Gasteiger charge is 2.38. The van der Waals surface area contributed by atoms with Gasteiger partial charge in [0.1, 0.15) is 56.0 Å². The number of carbonyl (C=O) groups excluding carboxylic acids is 4. The van der Waals surface area contributed by atoms with Crippen LogP contribution >= 0.6 is 15.9 Å². The molecule has 0 aliphatic carbocycles. The molecule has 4 amide bonds. The molecule has 0 fully saturated rings. The van der Waals surface area contributed by atoms with Gasteiger partial charge in [0.2, 0.25) is 0 Å². The molecular weight excluding hydrogens is 1580 g/mol. The Morgan fingerprint density at radius 1 is 0.297 bits per heavy atom. The Kier molecular flexibility index (Phi) is 27.6. The smallest absolute Gasteiger partial charge is 0.274 e. The quantitative estimate of drug-likeness (QED) is 0.0647. The highest BCUT2D eigenvalue weighted by Crippen LogP contribution is 2.36. The number of halogens is 4. The summed E-state index contributed by atoms with van der Waals surface area (Å²) in [5.41, 5.74) is 2.25. The van der Waals surface area contributed by atoms with E-state index in [0.717, 1.165) is 38.4 Å². The zero-order valence-electron chi connectivity index (χ0n) is 59.7. The van der Waals surface area contributed by atoms with Gasteiger partial charge < -0.3 is 23.7 Å². The molecule has 0 N–H and O–H groups in total. The van der Waals surface area contributed by atoms with E-state index in [1.54, 1.807) is 164 Å². The van der Waals surface area contributed by atoms with Crippen molar-refractivity contribution in [1.82, 2.24) is 0 Å². The SMILES string of the molecule is COc1ccc(N(C(=O)c2ccccc2)S(=O)(=O)c2cc(Br)ccc2OC)cc1.COc1ccc(N(C(=O)c2ccccc2)S(=O)(=O)c2ccc(C)cc2)cc1.COc1ccc(N(C(=O)c2ccccc2)S(=O)(=O)c2ccc(F)cc2F)cc1.COc1ccc(N(C(=O)c2ccccc2)S(=O)(=O)c2cccc(F)c2)cc1. The molecule has 570 valence electrons. The van der Waals surface area contributed by atoms with Gasteiger partial charge >= 0.3 is 0 Å². The maximum atomic E-state index is 14.2. The van der Waals surface area contributed by atoms with E-state index in [4.69, 9.17) is 23.7 Å². The average Bonchev–Trinajstić information content (AvgIpc) is 0.770. The number of anilines is 4. The largest absolute Gasteiger partial charge is 0.497 e. The molecule has 0 heterocycles. The molecule has 0 unspecified atom stereocenters. The lowest BCUT2D eigenvalue weighted by Crippen LogP contribution is -2.37. The Morgan fingerprint density at radius 3 is 0.928 bits per heavy atom. The summed E-state index contributed by atoms with van der Waals surface area (Å²) in [5.74, 6) is -3.67. The van der Waals surface area contributed by atoms with Crippen molar-refractivity contribution in [2.45, 2.75) is 26.5 Å². The number of sulfonamides is 4. The van der Waals surface area contributed by atoms with E-state index in [9.17, 15) is 66.0 Å². The third-order valence-electron chi connectivity index (χ3n) is 16.0.